The Hall–Kier alpha value is -1.40. The number of carbonyl (C=O) groups excluding carboxylic acids is 2. The van der Waals surface area contributed by atoms with Crippen LogP contribution in [0.25, 0.3) is 0 Å². The van der Waals surface area contributed by atoms with Gasteiger partial charge in [-0.2, -0.15) is 0 Å². The Kier molecular flexibility index (Phi) is 6.39. The van der Waals surface area contributed by atoms with E-state index in [2.05, 4.69) is 5.32 Å². The molecule has 22 heavy (non-hydrogen) atoms. The van der Waals surface area contributed by atoms with E-state index in [4.69, 9.17) is 5.11 Å². The van der Waals surface area contributed by atoms with E-state index in [1.165, 1.54) is 0 Å². The number of amides is 2. The fourth-order valence-electron chi connectivity index (χ4n) is 2.81. The summed E-state index contributed by atoms with van der Waals surface area (Å²) in [6.07, 6.45) is 3.40. The molecule has 2 rings (SSSR count). The van der Waals surface area contributed by atoms with E-state index in [0.29, 0.717) is 19.4 Å². The van der Waals surface area contributed by atoms with Crippen molar-refractivity contribution in [3.8, 4) is 0 Å². The normalized spacial score (nSPS) is 19.2. The summed E-state index contributed by atoms with van der Waals surface area (Å²) in [7, 11) is 0. The molecule has 1 aromatic rings. The summed E-state index contributed by atoms with van der Waals surface area (Å²) in [6, 6.07) is 3.56. The second kappa shape index (κ2) is 8.29. The van der Waals surface area contributed by atoms with Gasteiger partial charge in [-0.25, -0.2) is 0 Å². The van der Waals surface area contributed by atoms with Gasteiger partial charge in [-0.05, 0) is 44.1 Å². The van der Waals surface area contributed by atoms with Gasteiger partial charge in [0.05, 0.1) is 6.42 Å². The predicted octanol–water partition coefficient (Wildman–Crippen LogP) is 1.56. The maximum atomic E-state index is 12.4. The largest absolute Gasteiger partial charge is 0.396 e. The van der Waals surface area contributed by atoms with Gasteiger partial charge < -0.3 is 15.3 Å². The van der Waals surface area contributed by atoms with Crippen molar-refractivity contribution in [2.45, 2.75) is 51.1 Å². The highest BCUT2D eigenvalue weighted by atomic mass is 32.1. The first-order chi connectivity index (χ1) is 10.6. The molecule has 1 aromatic heterocycles. The van der Waals surface area contributed by atoms with Crippen molar-refractivity contribution in [3.05, 3.63) is 22.4 Å². The van der Waals surface area contributed by atoms with Gasteiger partial charge in [0.2, 0.25) is 11.8 Å². The molecule has 2 atom stereocenters. The molecule has 2 unspecified atom stereocenters. The van der Waals surface area contributed by atoms with Crippen molar-refractivity contribution < 1.29 is 14.7 Å². The molecule has 122 valence electrons. The molecule has 5 nitrogen and oxygen atoms in total. The van der Waals surface area contributed by atoms with E-state index >= 15 is 0 Å². The minimum atomic E-state index is -0.343. The molecule has 0 aromatic carbocycles. The highest BCUT2D eigenvalue weighted by Gasteiger charge is 2.34. The van der Waals surface area contributed by atoms with Crippen LogP contribution in [0.3, 0.4) is 0 Å². The number of nitrogens with zero attached hydrogens (tertiary/aromatic N) is 1. The minimum Gasteiger partial charge on any atom is -0.396 e. The van der Waals surface area contributed by atoms with E-state index in [1.807, 2.05) is 24.4 Å². The number of hydrogen-bond acceptors (Lipinski definition) is 4. The second-order valence-electron chi connectivity index (χ2n) is 5.78. The fourth-order valence-corrected chi connectivity index (χ4v) is 3.51. The third-order valence-electron chi connectivity index (χ3n) is 3.97. The lowest BCUT2D eigenvalue weighted by Gasteiger charge is -2.25. The molecule has 0 spiro atoms. The summed E-state index contributed by atoms with van der Waals surface area (Å²) >= 11 is 1.57. The zero-order valence-corrected chi connectivity index (χ0v) is 13.8. The van der Waals surface area contributed by atoms with Gasteiger partial charge in [0.25, 0.3) is 0 Å². The van der Waals surface area contributed by atoms with Crippen molar-refractivity contribution in [1.29, 1.82) is 0 Å². The third kappa shape index (κ3) is 4.55. The third-order valence-corrected chi connectivity index (χ3v) is 4.84. The first-order valence-electron chi connectivity index (χ1n) is 7.85. The van der Waals surface area contributed by atoms with Gasteiger partial charge in [0, 0.05) is 24.1 Å². The Morgan fingerprint density at radius 1 is 1.55 bits per heavy atom. The lowest BCUT2D eigenvalue weighted by atomic mass is 10.1. The van der Waals surface area contributed by atoms with Crippen LogP contribution >= 0.6 is 11.3 Å². The molecular weight excluding hydrogens is 300 g/mol. The van der Waals surface area contributed by atoms with Crippen molar-refractivity contribution >= 4 is 23.2 Å². The van der Waals surface area contributed by atoms with Gasteiger partial charge in [-0.3, -0.25) is 9.59 Å². The van der Waals surface area contributed by atoms with E-state index in [1.54, 1.807) is 16.2 Å². The van der Waals surface area contributed by atoms with Crippen molar-refractivity contribution in [2.75, 3.05) is 13.2 Å². The Labute approximate surface area is 135 Å². The SMILES string of the molecule is CC(CCCO)NC(=O)C1CCCN1C(=O)Cc1cccs1. The van der Waals surface area contributed by atoms with Crippen molar-refractivity contribution in [1.82, 2.24) is 10.2 Å². The quantitative estimate of drug-likeness (QED) is 0.800. The van der Waals surface area contributed by atoms with Crippen molar-refractivity contribution in [2.24, 2.45) is 0 Å². The first-order valence-corrected chi connectivity index (χ1v) is 8.73. The molecule has 1 aliphatic heterocycles. The summed E-state index contributed by atoms with van der Waals surface area (Å²) in [4.78, 5) is 27.5. The van der Waals surface area contributed by atoms with Crippen LogP contribution in [0.2, 0.25) is 0 Å². The Balaban J connectivity index is 1.89. The summed E-state index contributed by atoms with van der Waals surface area (Å²) in [6.45, 7) is 2.72. The van der Waals surface area contributed by atoms with E-state index in [0.717, 1.165) is 24.1 Å². The number of carbonyl (C=O) groups is 2. The highest BCUT2D eigenvalue weighted by Crippen LogP contribution is 2.20. The molecule has 0 saturated carbocycles. The molecule has 2 N–H and O–H groups in total. The predicted molar refractivity (Wildman–Crippen MR) is 86.7 cm³/mol. The number of hydrogen-bond donors (Lipinski definition) is 2. The summed E-state index contributed by atoms with van der Waals surface area (Å²) in [5, 5.41) is 13.8. The Morgan fingerprint density at radius 3 is 3.05 bits per heavy atom. The number of likely N-dealkylation sites (tertiary alicyclic amines) is 1. The second-order valence-corrected chi connectivity index (χ2v) is 6.81. The zero-order chi connectivity index (χ0) is 15.9. The van der Waals surface area contributed by atoms with Crippen LogP contribution in [-0.4, -0.2) is 47.1 Å². The summed E-state index contributed by atoms with van der Waals surface area (Å²) in [5.74, 6) is -0.0365. The van der Waals surface area contributed by atoms with E-state index < -0.39 is 0 Å². The maximum Gasteiger partial charge on any atom is 0.243 e. The molecular formula is C16H24N2O3S. The van der Waals surface area contributed by atoms with E-state index in [9.17, 15) is 9.59 Å². The van der Waals surface area contributed by atoms with Crippen LogP contribution in [0.15, 0.2) is 17.5 Å². The molecule has 2 amide bonds. The average Bonchev–Trinajstić information content (AvgIpc) is 3.15. The standard InChI is InChI=1S/C16H24N2O3S/c1-12(5-3-9-19)17-16(21)14-7-2-8-18(14)15(20)11-13-6-4-10-22-13/h4,6,10,12,14,19H,2-3,5,7-9,11H2,1H3,(H,17,21). The number of nitrogens with one attached hydrogen (secondary N) is 1. The minimum absolute atomic E-state index is 0.0227. The van der Waals surface area contributed by atoms with Crippen LogP contribution in [0, 0.1) is 0 Å². The van der Waals surface area contributed by atoms with Crippen LogP contribution in [-0.2, 0) is 16.0 Å². The monoisotopic (exact) mass is 324 g/mol. The summed E-state index contributed by atoms with van der Waals surface area (Å²) in [5.41, 5.74) is 0. The molecule has 0 bridgehead atoms. The number of aliphatic hydroxyl groups excluding tert-OH is 1. The van der Waals surface area contributed by atoms with Crippen LogP contribution < -0.4 is 5.32 Å². The van der Waals surface area contributed by atoms with Gasteiger partial charge in [0.15, 0.2) is 0 Å². The van der Waals surface area contributed by atoms with Gasteiger partial charge in [-0.15, -0.1) is 11.3 Å². The first kappa shape index (κ1) is 17.0. The lowest BCUT2D eigenvalue weighted by molar-refractivity contribution is -0.138. The van der Waals surface area contributed by atoms with Gasteiger partial charge >= 0.3 is 0 Å². The lowest BCUT2D eigenvalue weighted by Crippen LogP contribution is -2.48. The molecule has 1 fully saturated rings. The maximum absolute atomic E-state index is 12.4. The molecule has 0 aliphatic carbocycles. The fraction of sp³-hybridized carbons (Fsp3) is 0.625. The zero-order valence-electron chi connectivity index (χ0n) is 13.0. The smallest absolute Gasteiger partial charge is 0.243 e. The van der Waals surface area contributed by atoms with Crippen LogP contribution in [0.5, 0.6) is 0 Å². The van der Waals surface area contributed by atoms with Crippen molar-refractivity contribution in [3.63, 3.8) is 0 Å². The highest BCUT2D eigenvalue weighted by molar-refractivity contribution is 7.10. The molecule has 1 aliphatic rings. The Morgan fingerprint density at radius 2 is 2.36 bits per heavy atom. The number of thiophene rings is 1. The molecule has 2 heterocycles. The molecule has 0 radical (unpaired) electrons. The molecule has 1 saturated heterocycles. The van der Waals surface area contributed by atoms with E-state index in [-0.39, 0.29) is 30.5 Å². The van der Waals surface area contributed by atoms with Crippen LogP contribution in [0.1, 0.15) is 37.5 Å². The van der Waals surface area contributed by atoms with Gasteiger partial charge in [0.1, 0.15) is 6.04 Å². The average molecular weight is 324 g/mol. The topological polar surface area (TPSA) is 69.6 Å². The van der Waals surface area contributed by atoms with Gasteiger partial charge in [-0.1, -0.05) is 6.07 Å². The summed E-state index contributed by atoms with van der Waals surface area (Å²) < 4.78 is 0. The van der Waals surface area contributed by atoms with Crippen LogP contribution in [0.4, 0.5) is 0 Å². The number of aliphatic hydroxyl groups is 1. The number of rotatable bonds is 7. The Bertz CT molecular complexity index is 490. The molecule has 6 heteroatoms.